The van der Waals surface area contributed by atoms with Crippen molar-refractivity contribution in [1.82, 2.24) is 10.2 Å². The third-order valence-corrected chi connectivity index (χ3v) is 5.25. The molecular weight excluding hydrogens is 384 g/mol. The lowest BCUT2D eigenvalue weighted by Gasteiger charge is -2.21. The molecule has 0 atom stereocenters. The summed E-state index contributed by atoms with van der Waals surface area (Å²) in [6.45, 7) is 6.46. The van der Waals surface area contributed by atoms with Crippen molar-refractivity contribution in [2.24, 2.45) is 0 Å². The number of fused-ring (bicyclic) bond motifs is 1. The fraction of sp³-hybridized carbons (Fsp3) is 0.421. The monoisotopic (exact) mass is 406 g/mol. The van der Waals surface area contributed by atoms with Crippen LogP contribution in [0.15, 0.2) is 23.1 Å². The molecule has 1 aromatic rings. The lowest BCUT2D eigenvalue weighted by Crippen LogP contribution is -2.40. The first-order valence-electron chi connectivity index (χ1n) is 8.69. The maximum absolute atomic E-state index is 12.7. The number of carbonyl (C=O) groups excluding carboxylic acids is 2. The lowest BCUT2D eigenvalue weighted by molar-refractivity contribution is -0.124. The molecule has 8 heteroatoms. The largest absolute Gasteiger partial charge is 0.454 e. The molecular formula is C19H22N2O4S2. The summed E-state index contributed by atoms with van der Waals surface area (Å²) in [6, 6.07) is 5.53. The van der Waals surface area contributed by atoms with Gasteiger partial charge in [-0.1, -0.05) is 30.0 Å². The van der Waals surface area contributed by atoms with Crippen LogP contribution in [-0.2, 0) is 9.59 Å². The molecule has 1 aromatic carbocycles. The number of benzene rings is 1. The van der Waals surface area contributed by atoms with E-state index in [0.717, 1.165) is 5.56 Å². The van der Waals surface area contributed by atoms with Crippen LogP contribution in [0.5, 0.6) is 11.5 Å². The van der Waals surface area contributed by atoms with Crippen LogP contribution in [0.3, 0.4) is 0 Å². The van der Waals surface area contributed by atoms with Gasteiger partial charge < -0.3 is 14.8 Å². The predicted molar refractivity (Wildman–Crippen MR) is 110 cm³/mol. The highest BCUT2D eigenvalue weighted by atomic mass is 32.2. The number of thiocarbonyl (C=S) groups is 1. The molecule has 0 spiro atoms. The van der Waals surface area contributed by atoms with Crippen molar-refractivity contribution in [3.63, 3.8) is 0 Å². The molecule has 1 N–H and O–H groups in total. The van der Waals surface area contributed by atoms with Gasteiger partial charge in [0.05, 0.1) is 4.91 Å². The zero-order valence-electron chi connectivity index (χ0n) is 15.5. The third kappa shape index (κ3) is 5.01. The van der Waals surface area contributed by atoms with Crippen LogP contribution in [0.4, 0.5) is 0 Å². The van der Waals surface area contributed by atoms with E-state index in [9.17, 15) is 9.59 Å². The molecule has 2 heterocycles. The van der Waals surface area contributed by atoms with Crippen molar-refractivity contribution in [2.75, 3.05) is 13.3 Å². The Kier molecular flexibility index (Phi) is 5.76. The highest BCUT2D eigenvalue weighted by molar-refractivity contribution is 8.26. The molecule has 0 aliphatic carbocycles. The van der Waals surface area contributed by atoms with Crippen molar-refractivity contribution >= 4 is 46.2 Å². The molecule has 2 aliphatic rings. The quantitative estimate of drug-likeness (QED) is 0.598. The van der Waals surface area contributed by atoms with E-state index >= 15 is 0 Å². The maximum atomic E-state index is 12.7. The molecule has 0 saturated carbocycles. The predicted octanol–water partition coefficient (Wildman–Crippen LogP) is 3.31. The van der Waals surface area contributed by atoms with Gasteiger partial charge in [-0.3, -0.25) is 14.5 Å². The van der Waals surface area contributed by atoms with E-state index in [1.807, 2.05) is 39.0 Å². The Morgan fingerprint density at radius 2 is 2.07 bits per heavy atom. The van der Waals surface area contributed by atoms with Crippen LogP contribution in [0, 0.1) is 0 Å². The van der Waals surface area contributed by atoms with Gasteiger partial charge in [-0.25, -0.2) is 0 Å². The van der Waals surface area contributed by atoms with E-state index in [1.54, 1.807) is 11.0 Å². The number of nitrogens with one attached hydrogen (secondary N) is 1. The maximum Gasteiger partial charge on any atom is 0.266 e. The second-order valence-electron chi connectivity index (χ2n) is 7.35. The van der Waals surface area contributed by atoms with E-state index in [4.69, 9.17) is 21.7 Å². The minimum absolute atomic E-state index is 0.0242. The molecule has 2 amide bonds. The zero-order valence-corrected chi connectivity index (χ0v) is 17.2. The summed E-state index contributed by atoms with van der Waals surface area (Å²) in [4.78, 5) is 26.7. The first-order valence-corrected chi connectivity index (χ1v) is 9.91. The van der Waals surface area contributed by atoms with Crippen LogP contribution in [0.1, 0.15) is 39.2 Å². The molecule has 3 rings (SSSR count). The fourth-order valence-corrected chi connectivity index (χ4v) is 4.03. The SMILES string of the molecule is CC(C)(C)NC(=O)CCCN1C(=O)/C(=C/c2ccc3c(c2)OCO3)SC1=S. The Labute approximate surface area is 168 Å². The fourth-order valence-electron chi connectivity index (χ4n) is 2.73. The summed E-state index contributed by atoms with van der Waals surface area (Å²) >= 11 is 6.61. The number of nitrogens with zero attached hydrogens (tertiary/aromatic N) is 1. The Bertz CT molecular complexity index is 814. The Morgan fingerprint density at radius 3 is 2.81 bits per heavy atom. The van der Waals surface area contributed by atoms with Crippen LogP contribution < -0.4 is 14.8 Å². The summed E-state index contributed by atoms with van der Waals surface area (Å²) in [6.07, 6.45) is 2.72. The summed E-state index contributed by atoms with van der Waals surface area (Å²) in [5, 5.41) is 2.91. The molecule has 27 heavy (non-hydrogen) atoms. The zero-order chi connectivity index (χ0) is 19.6. The number of thioether (sulfide) groups is 1. The first kappa shape index (κ1) is 19.7. The molecule has 0 radical (unpaired) electrons. The number of carbonyl (C=O) groups is 2. The normalized spacial score (nSPS) is 17.7. The summed E-state index contributed by atoms with van der Waals surface area (Å²) in [7, 11) is 0. The average molecular weight is 407 g/mol. The van der Waals surface area contributed by atoms with Crippen molar-refractivity contribution in [2.45, 2.75) is 39.2 Å². The minimum Gasteiger partial charge on any atom is -0.454 e. The minimum atomic E-state index is -0.258. The second-order valence-corrected chi connectivity index (χ2v) is 9.02. The number of hydrogen-bond acceptors (Lipinski definition) is 6. The average Bonchev–Trinajstić information content (AvgIpc) is 3.12. The van der Waals surface area contributed by atoms with Crippen LogP contribution in [0.25, 0.3) is 6.08 Å². The first-order chi connectivity index (χ1) is 12.7. The van der Waals surface area contributed by atoms with Crippen molar-refractivity contribution in [1.29, 1.82) is 0 Å². The number of hydrogen-bond donors (Lipinski definition) is 1. The van der Waals surface area contributed by atoms with Crippen LogP contribution in [0.2, 0.25) is 0 Å². The smallest absolute Gasteiger partial charge is 0.266 e. The molecule has 1 fully saturated rings. The van der Waals surface area contributed by atoms with Crippen LogP contribution in [-0.4, -0.2) is 39.9 Å². The van der Waals surface area contributed by atoms with E-state index in [-0.39, 0.29) is 24.1 Å². The summed E-state index contributed by atoms with van der Waals surface area (Å²) in [5.41, 5.74) is 0.593. The standard InChI is InChI=1S/C19H22N2O4S2/c1-19(2,3)20-16(22)5-4-8-21-17(23)15(27-18(21)26)10-12-6-7-13-14(9-12)25-11-24-13/h6-7,9-10H,4-5,8,11H2,1-3H3,(H,20,22)/b15-10-. The molecule has 0 aromatic heterocycles. The third-order valence-electron chi connectivity index (χ3n) is 3.87. The van der Waals surface area contributed by atoms with Gasteiger partial charge in [-0.2, -0.15) is 0 Å². The van der Waals surface area contributed by atoms with E-state index in [1.165, 1.54) is 11.8 Å². The molecule has 0 bridgehead atoms. The summed E-state index contributed by atoms with van der Waals surface area (Å²) in [5.74, 6) is 1.22. The molecule has 144 valence electrons. The summed E-state index contributed by atoms with van der Waals surface area (Å²) < 4.78 is 11.2. The Morgan fingerprint density at radius 1 is 1.33 bits per heavy atom. The van der Waals surface area contributed by atoms with Crippen molar-refractivity contribution < 1.29 is 19.1 Å². The number of rotatable bonds is 5. The molecule has 2 aliphatic heterocycles. The van der Waals surface area contributed by atoms with E-state index in [0.29, 0.717) is 40.1 Å². The molecule has 6 nitrogen and oxygen atoms in total. The van der Waals surface area contributed by atoms with Gasteiger partial charge in [0, 0.05) is 18.5 Å². The van der Waals surface area contributed by atoms with Crippen LogP contribution >= 0.6 is 24.0 Å². The highest BCUT2D eigenvalue weighted by Gasteiger charge is 2.31. The van der Waals surface area contributed by atoms with Gasteiger partial charge in [0.15, 0.2) is 11.5 Å². The van der Waals surface area contributed by atoms with Crippen molar-refractivity contribution in [3.8, 4) is 11.5 Å². The second kappa shape index (κ2) is 7.90. The molecule has 0 unspecified atom stereocenters. The van der Waals surface area contributed by atoms with Gasteiger partial charge in [-0.15, -0.1) is 0 Å². The van der Waals surface area contributed by atoms with E-state index < -0.39 is 0 Å². The molecule has 1 saturated heterocycles. The van der Waals surface area contributed by atoms with Gasteiger partial charge >= 0.3 is 0 Å². The number of amides is 2. The highest BCUT2D eigenvalue weighted by Crippen LogP contribution is 2.36. The van der Waals surface area contributed by atoms with Gasteiger partial charge in [-0.05, 0) is 51.0 Å². The van der Waals surface area contributed by atoms with Gasteiger partial charge in [0.2, 0.25) is 12.7 Å². The number of ether oxygens (including phenoxy) is 2. The topological polar surface area (TPSA) is 67.9 Å². The Balaban J connectivity index is 1.59. The van der Waals surface area contributed by atoms with Gasteiger partial charge in [0.25, 0.3) is 5.91 Å². The van der Waals surface area contributed by atoms with Crippen molar-refractivity contribution in [3.05, 3.63) is 28.7 Å². The Hall–Kier alpha value is -2.06. The lowest BCUT2D eigenvalue weighted by atomic mass is 10.1. The van der Waals surface area contributed by atoms with E-state index in [2.05, 4.69) is 5.32 Å². The van der Waals surface area contributed by atoms with Gasteiger partial charge in [0.1, 0.15) is 4.32 Å².